The Hall–Kier alpha value is 0.100. The third kappa shape index (κ3) is 6.30. The summed E-state index contributed by atoms with van der Waals surface area (Å²) in [4.78, 5) is 11.4. The van der Waals surface area contributed by atoms with Gasteiger partial charge in [0.15, 0.2) is 0 Å². The molecule has 0 spiro atoms. The van der Waals surface area contributed by atoms with Crippen molar-refractivity contribution in [2.45, 2.75) is 59.3 Å². The normalized spacial score (nSPS) is 11.7. The minimum atomic E-state index is -1.21. The summed E-state index contributed by atoms with van der Waals surface area (Å²) < 4.78 is 0. The van der Waals surface area contributed by atoms with E-state index in [1.165, 1.54) is 63.0 Å². The second-order valence-electron chi connectivity index (χ2n) is 4.56. The Morgan fingerprint density at radius 2 is 1.20 bits per heavy atom. The third-order valence-corrected chi connectivity index (χ3v) is 7.16. The fraction of sp³-hybridized carbons (Fsp3) is 0.923. The smallest absolute Gasteiger partial charge is 0.257 e. The Kier molecular flexibility index (Phi) is 9.40. The van der Waals surface area contributed by atoms with Gasteiger partial charge in [0.2, 0.25) is 0 Å². The predicted molar refractivity (Wildman–Crippen MR) is 74.1 cm³/mol. The Bertz CT molecular complexity index is 140. The zero-order valence-corrected chi connectivity index (χ0v) is 11.7. The molecule has 0 aromatic carbocycles. The van der Waals surface area contributed by atoms with Gasteiger partial charge in [-0.15, -0.1) is 0 Å². The molecule has 0 aliphatic carbocycles. The highest BCUT2D eigenvalue weighted by molar-refractivity contribution is 7.88. The third-order valence-electron chi connectivity index (χ3n) is 3.09. The minimum Gasteiger partial charge on any atom is -0.257 e. The van der Waals surface area contributed by atoms with E-state index < -0.39 is 7.26 Å². The van der Waals surface area contributed by atoms with E-state index in [0.717, 1.165) is 0 Å². The van der Waals surface area contributed by atoms with E-state index in [4.69, 9.17) is 0 Å². The van der Waals surface area contributed by atoms with E-state index in [1.807, 2.05) is 0 Å². The summed E-state index contributed by atoms with van der Waals surface area (Å²) in [5.74, 6) is 0. The number of carbonyl (C=O) groups excluding carboxylic acids is 1. The Morgan fingerprint density at radius 1 is 0.867 bits per heavy atom. The number of hydrogen-bond donors (Lipinski definition) is 0. The van der Waals surface area contributed by atoms with Gasteiger partial charge in [0, 0.05) is 0 Å². The van der Waals surface area contributed by atoms with Crippen LogP contribution in [0.15, 0.2) is 0 Å². The van der Waals surface area contributed by atoms with E-state index in [1.54, 1.807) is 0 Å². The van der Waals surface area contributed by atoms with Crippen molar-refractivity contribution in [1.82, 2.24) is 0 Å². The highest BCUT2D eigenvalue weighted by Crippen LogP contribution is 2.57. The molecule has 0 unspecified atom stereocenters. The topological polar surface area (TPSA) is 17.1 Å². The molecule has 0 radical (unpaired) electrons. The van der Waals surface area contributed by atoms with Crippen LogP contribution in [0.1, 0.15) is 60.7 Å². The van der Waals surface area contributed by atoms with Crippen LogP contribution in [0, 0.1) is 0 Å². The van der Waals surface area contributed by atoms with E-state index in [9.17, 15) is 4.79 Å². The van der Waals surface area contributed by atoms with Crippen molar-refractivity contribution < 1.29 is 6.22 Å². The Balaban J connectivity index is 0. The summed E-state index contributed by atoms with van der Waals surface area (Å²) in [5, 5.41) is 0. The molecule has 90 valence electrons. The van der Waals surface area contributed by atoms with Crippen molar-refractivity contribution in [3.8, 4) is 0 Å². The van der Waals surface area contributed by atoms with Crippen molar-refractivity contribution in [2.24, 2.45) is 0 Å². The Morgan fingerprint density at radius 3 is 1.40 bits per heavy atom. The van der Waals surface area contributed by atoms with Crippen LogP contribution in [0.5, 0.6) is 0 Å². The zero-order chi connectivity index (χ0) is 11.6. The fourth-order valence-electron chi connectivity index (χ4n) is 1.91. The molecular weight excluding hydrogens is 203 g/mol. The molecule has 0 rings (SSSR count). The van der Waals surface area contributed by atoms with Gasteiger partial charge in [-0.05, 0) is 19.3 Å². The van der Waals surface area contributed by atoms with Crippen LogP contribution >= 0.6 is 7.26 Å². The maximum atomic E-state index is 11.4. The summed E-state index contributed by atoms with van der Waals surface area (Å²) in [6, 6.07) is 1.37. The first-order chi connectivity index (χ1) is 7.24. The molecule has 0 saturated heterocycles. The molecule has 0 amide bonds. The van der Waals surface area contributed by atoms with E-state index in [2.05, 4.69) is 20.8 Å². The molecule has 0 heterocycles. The van der Waals surface area contributed by atoms with Crippen LogP contribution in [0.3, 0.4) is 0 Å². The highest BCUT2D eigenvalue weighted by atomic mass is 31.2. The molecule has 2 heteroatoms. The van der Waals surface area contributed by atoms with Gasteiger partial charge in [-0.3, -0.25) is 4.79 Å². The molecule has 15 heavy (non-hydrogen) atoms. The molecule has 0 fully saturated rings. The second-order valence-corrected chi connectivity index (χ2v) is 8.54. The van der Waals surface area contributed by atoms with Gasteiger partial charge < -0.3 is 0 Å². The number of rotatable bonds is 10. The zero-order valence-electron chi connectivity index (χ0n) is 11.8. The van der Waals surface area contributed by atoms with Crippen molar-refractivity contribution in [2.75, 3.05) is 18.5 Å². The van der Waals surface area contributed by atoms with Gasteiger partial charge in [0.05, 0.1) is 25.7 Å². The molecule has 0 aromatic heterocycles. The highest BCUT2D eigenvalue weighted by Gasteiger charge is 2.35. The lowest BCUT2D eigenvalue weighted by atomic mass is 10.4. The summed E-state index contributed by atoms with van der Waals surface area (Å²) in [5.41, 5.74) is 0. The van der Waals surface area contributed by atoms with Crippen LogP contribution in [0.25, 0.3) is 0 Å². The Labute approximate surface area is 97.8 Å². The fourth-order valence-corrected chi connectivity index (χ4v) is 5.74. The predicted octanol–water partition coefficient (Wildman–Crippen LogP) is 4.71. The van der Waals surface area contributed by atoms with E-state index in [0.29, 0.717) is 0 Å². The lowest BCUT2D eigenvalue weighted by Crippen LogP contribution is -2.09. The van der Waals surface area contributed by atoms with Crippen LogP contribution in [-0.2, 0) is 4.79 Å². The van der Waals surface area contributed by atoms with Crippen LogP contribution in [-0.4, -0.2) is 24.5 Å². The maximum absolute atomic E-state index is 11.4. The van der Waals surface area contributed by atoms with Crippen molar-refractivity contribution in [3.05, 3.63) is 0 Å². The minimum absolute atomic E-state index is 0. The van der Waals surface area contributed by atoms with Crippen LogP contribution < -0.4 is 0 Å². The van der Waals surface area contributed by atoms with Crippen LogP contribution in [0.4, 0.5) is 0 Å². The van der Waals surface area contributed by atoms with Gasteiger partial charge in [0.1, 0.15) is 0 Å². The molecule has 0 atom stereocenters. The average molecular weight is 232 g/mol. The van der Waals surface area contributed by atoms with Gasteiger partial charge >= 0.3 is 1.43 Å². The van der Waals surface area contributed by atoms with Gasteiger partial charge in [-0.1, -0.05) is 40.0 Å². The monoisotopic (exact) mass is 232 g/mol. The van der Waals surface area contributed by atoms with Crippen molar-refractivity contribution in [1.29, 1.82) is 0 Å². The first kappa shape index (κ1) is 15.1. The summed E-state index contributed by atoms with van der Waals surface area (Å²) >= 11 is 0. The molecule has 0 bridgehead atoms. The molecule has 0 saturated carbocycles. The molecule has 0 aliphatic heterocycles. The lowest BCUT2D eigenvalue weighted by Gasteiger charge is -2.20. The summed E-state index contributed by atoms with van der Waals surface area (Å²) in [6.45, 7) is 6.66. The lowest BCUT2D eigenvalue weighted by molar-refractivity contribution is 0.567. The summed E-state index contributed by atoms with van der Waals surface area (Å²) in [7, 11) is -1.21. The maximum Gasteiger partial charge on any atom is 1.00 e. The largest absolute Gasteiger partial charge is 1.00 e. The second kappa shape index (κ2) is 9.33. The first-order valence-corrected chi connectivity index (χ1v) is 8.98. The number of unbranched alkanes of at least 4 members (excludes halogenated alkanes) is 3. The van der Waals surface area contributed by atoms with Crippen molar-refractivity contribution >= 4 is 13.3 Å². The average Bonchev–Trinajstić information content (AvgIpc) is 2.29. The molecular formula is C13H29OP+2. The van der Waals surface area contributed by atoms with E-state index in [-0.39, 0.29) is 1.43 Å². The SMILES string of the molecule is CCCC[P+](C=O)(CCCC)CCCC.[H+]. The molecule has 0 aromatic rings. The molecule has 0 N–H and O–H groups in total. The van der Waals surface area contributed by atoms with Gasteiger partial charge in [-0.25, -0.2) is 0 Å². The van der Waals surface area contributed by atoms with Crippen molar-refractivity contribution in [3.63, 3.8) is 0 Å². The first-order valence-electron chi connectivity index (χ1n) is 6.56. The molecule has 0 aliphatic rings. The summed E-state index contributed by atoms with van der Waals surface area (Å²) in [6.07, 6.45) is 11.1. The standard InChI is InChI=1S/C13H28OP/c1-4-7-10-15(13-14,11-8-5-2)12-9-6-3/h13H,4-12H2,1-3H3/q+1/p+1. The van der Waals surface area contributed by atoms with Gasteiger partial charge in [0.25, 0.3) is 6.03 Å². The number of hydrogen-bond acceptors (Lipinski definition) is 1. The number of carbonyl (C=O) groups is 1. The van der Waals surface area contributed by atoms with Gasteiger partial charge in [-0.2, -0.15) is 0 Å². The quantitative estimate of drug-likeness (QED) is 0.394. The molecule has 1 nitrogen and oxygen atoms in total. The van der Waals surface area contributed by atoms with E-state index >= 15 is 0 Å². The van der Waals surface area contributed by atoms with Crippen LogP contribution in [0.2, 0.25) is 0 Å².